The van der Waals surface area contributed by atoms with Gasteiger partial charge in [0, 0.05) is 21.5 Å². The van der Waals surface area contributed by atoms with Crippen molar-refractivity contribution in [3.8, 4) is 45.5 Å². The number of rotatable bonds is 3. The average molecular weight is 537 g/mol. The van der Waals surface area contributed by atoms with Crippen LogP contribution in [0.25, 0.3) is 77.3 Å². The van der Waals surface area contributed by atoms with Gasteiger partial charge >= 0.3 is 0 Å². The van der Waals surface area contributed by atoms with E-state index in [0.29, 0.717) is 11.1 Å². The van der Waals surface area contributed by atoms with Crippen molar-refractivity contribution in [2.75, 3.05) is 0 Å². The Labute approximate surface area is 240 Å². The summed E-state index contributed by atoms with van der Waals surface area (Å²) in [7, 11) is 0. The molecule has 8 aromatic rings. The van der Waals surface area contributed by atoms with Crippen LogP contribution < -0.4 is 0 Å². The normalized spacial score (nSPS) is 11.3. The molecule has 0 aliphatic heterocycles. The van der Waals surface area contributed by atoms with Crippen molar-refractivity contribution in [1.82, 2.24) is 0 Å². The van der Waals surface area contributed by atoms with Crippen LogP contribution in [0.15, 0.2) is 130 Å². The first-order chi connectivity index (χ1) is 20.7. The van der Waals surface area contributed by atoms with Gasteiger partial charge < -0.3 is 8.83 Å². The fourth-order valence-corrected chi connectivity index (χ4v) is 5.86. The molecule has 0 spiro atoms. The number of para-hydroxylation sites is 2. The summed E-state index contributed by atoms with van der Waals surface area (Å²) in [5.74, 6) is 0. The molecule has 0 fully saturated rings. The van der Waals surface area contributed by atoms with E-state index in [4.69, 9.17) is 8.83 Å². The summed E-state index contributed by atoms with van der Waals surface area (Å²) in [5.41, 5.74) is 10.1. The fraction of sp³-hybridized carbons (Fsp3) is 0. The Balaban J connectivity index is 1.36. The summed E-state index contributed by atoms with van der Waals surface area (Å²) in [6.45, 7) is 0. The van der Waals surface area contributed by atoms with E-state index >= 15 is 0 Å². The number of fused-ring (bicyclic) bond motifs is 6. The molecule has 8 rings (SSSR count). The summed E-state index contributed by atoms with van der Waals surface area (Å²) in [4.78, 5) is 0. The first kappa shape index (κ1) is 23.8. The molecule has 2 heterocycles. The van der Waals surface area contributed by atoms with Crippen LogP contribution >= 0.6 is 0 Å². The molecule has 42 heavy (non-hydrogen) atoms. The highest BCUT2D eigenvalue weighted by molar-refractivity contribution is 6.07. The highest BCUT2D eigenvalue weighted by Crippen LogP contribution is 2.38. The molecule has 194 valence electrons. The molecule has 0 bridgehead atoms. The SMILES string of the molecule is N#Cc1cc(C#N)cc(-c2cc(-c3ccc4c(c3)oc3ccccc34)cc(-c3ccc4oc5ccccc5c4c3)c2)c1. The molecular weight excluding hydrogens is 516 g/mol. The monoisotopic (exact) mass is 536 g/mol. The quantitative estimate of drug-likeness (QED) is 0.225. The summed E-state index contributed by atoms with van der Waals surface area (Å²) in [6.07, 6.45) is 0. The van der Waals surface area contributed by atoms with Gasteiger partial charge in [-0.15, -0.1) is 0 Å². The van der Waals surface area contributed by atoms with E-state index in [1.54, 1.807) is 6.07 Å². The molecule has 0 aliphatic rings. The highest BCUT2D eigenvalue weighted by Gasteiger charge is 2.14. The van der Waals surface area contributed by atoms with Crippen molar-refractivity contribution in [2.24, 2.45) is 0 Å². The van der Waals surface area contributed by atoms with Gasteiger partial charge in [0.05, 0.1) is 23.3 Å². The van der Waals surface area contributed by atoms with Crippen LogP contribution in [0.5, 0.6) is 0 Å². The Morgan fingerprint density at radius 2 is 0.833 bits per heavy atom. The summed E-state index contributed by atoms with van der Waals surface area (Å²) in [5, 5.41) is 23.6. The number of nitrogens with zero attached hydrogens (tertiary/aromatic N) is 2. The number of hydrogen-bond donors (Lipinski definition) is 0. The van der Waals surface area contributed by atoms with Crippen molar-refractivity contribution in [2.45, 2.75) is 0 Å². The molecule has 0 saturated heterocycles. The zero-order valence-electron chi connectivity index (χ0n) is 22.3. The van der Waals surface area contributed by atoms with E-state index in [9.17, 15) is 10.5 Å². The zero-order chi connectivity index (χ0) is 28.2. The molecule has 0 N–H and O–H groups in total. The lowest BCUT2D eigenvalue weighted by Gasteiger charge is -2.12. The molecule has 0 saturated carbocycles. The van der Waals surface area contributed by atoms with Crippen LogP contribution in [0.1, 0.15) is 11.1 Å². The van der Waals surface area contributed by atoms with Gasteiger partial charge in [0.25, 0.3) is 0 Å². The van der Waals surface area contributed by atoms with Gasteiger partial charge in [-0.25, -0.2) is 0 Å². The molecule has 4 nitrogen and oxygen atoms in total. The van der Waals surface area contributed by atoms with E-state index < -0.39 is 0 Å². The van der Waals surface area contributed by atoms with Crippen LogP contribution in [0.2, 0.25) is 0 Å². The first-order valence-corrected chi connectivity index (χ1v) is 13.6. The molecule has 0 unspecified atom stereocenters. The second-order valence-corrected chi connectivity index (χ2v) is 10.4. The zero-order valence-corrected chi connectivity index (χ0v) is 22.3. The molecule has 0 amide bonds. The standard InChI is InChI=1S/C38H20N2O2/c39-21-23-13-24(22-40)15-27(14-23)30-17-28(25-10-12-37-34(19-25)32-6-2-4-8-36(32)41-37)16-29(18-30)26-9-11-33-31-5-1-3-7-35(31)42-38(33)20-26/h1-20H. The van der Waals surface area contributed by atoms with Gasteiger partial charge in [-0.05, 0) is 106 Å². The maximum atomic E-state index is 9.64. The molecule has 2 aromatic heterocycles. The smallest absolute Gasteiger partial charge is 0.136 e. The predicted octanol–water partition coefficient (Wildman–Crippen LogP) is 10.2. The molecule has 6 aromatic carbocycles. The third-order valence-electron chi connectivity index (χ3n) is 7.88. The van der Waals surface area contributed by atoms with Crippen LogP contribution in [-0.2, 0) is 0 Å². The Hall–Kier alpha value is -6.10. The van der Waals surface area contributed by atoms with Crippen molar-refractivity contribution < 1.29 is 8.83 Å². The molecule has 0 aliphatic carbocycles. The Kier molecular flexibility index (Phi) is 5.22. The maximum absolute atomic E-state index is 9.64. The first-order valence-electron chi connectivity index (χ1n) is 13.6. The molecular formula is C38H20N2O2. The van der Waals surface area contributed by atoms with Crippen molar-refractivity contribution in [1.29, 1.82) is 10.5 Å². The Bertz CT molecular complexity index is 2410. The second kappa shape index (κ2) is 9.24. The Morgan fingerprint density at radius 1 is 0.357 bits per heavy atom. The number of benzene rings is 6. The number of furan rings is 2. The maximum Gasteiger partial charge on any atom is 0.136 e. The topological polar surface area (TPSA) is 73.9 Å². The van der Waals surface area contributed by atoms with Gasteiger partial charge in [0.15, 0.2) is 0 Å². The van der Waals surface area contributed by atoms with E-state index in [1.807, 2.05) is 54.6 Å². The molecule has 0 atom stereocenters. The third kappa shape index (κ3) is 3.83. The van der Waals surface area contributed by atoms with E-state index in [2.05, 4.69) is 72.8 Å². The predicted molar refractivity (Wildman–Crippen MR) is 167 cm³/mol. The largest absolute Gasteiger partial charge is 0.456 e. The van der Waals surface area contributed by atoms with Crippen LogP contribution in [0.3, 0.4) is 0 Å². The summed E-state index contributed by atoms with van der Waals surface area (Å²) in [6, 6.07) is 44.7. The minimum atomic E-state index is 0.450. The van der Waals surface area contributed by atoms with Gasteiger partial charge in [-0.3, -0.25) is 0 Å². The summed E-state index contributed by atoms with van der Waals surface area (Å²) >= 11 is 0. The minimum Gasteiger partial charge on any atom is -0.456 e. The molecule has 0 radical (unpaired) electrons. The van der Waals surface area contributed by atoms with Crippen molar-refractivity contribution in [3.05, 3.63) is 132 Å². The lowest BCUT2D eigenvalue weighted by atomic mass is 9.91. The van der Waals surface area contributed by atoms with Crippen LogP contribution in [0.4, 0.5) is 0 Å². The van der Waals surface area contributed by atoms with E-state index in [0.717, 1.165) is 77.3 Å². The van der Waals surface area contributed by atoms with Crippen LogP contribution in [-0.4, -0.2) is 0 Å². The third-order valence-corrected chi connectivity index (χ3v) is 7.88. The van der Waals surface area contributed by atoms with E-state index in [1.165, 1.54) is 0 Å². The minimum absolute atomic E-state index is 0.450. The van der Waals surface area contributed by atoms with E-state index in [-0.39, 0.29) is 0 Å². The van der Waals surface area contributed by atoms with Gasteiger partial charge in [0.1, 0.15) is 22.3 Å². The van der Waals surface area contributed by atoms with Gasteiger partial charge in [-0.2, -0.15) is 10.5 Å². The lowest BCUT2D eigenvalue weighted by Crippen LogP contribution is -1.89. The highest BCUT2D eigenvalue weighted by atomic mass is 16.3. The number of hydrogen-bond acceptors (Lipinski definition) is 4. The van der Waals surface area contributed by atoms with Gasteiger partial charge in [0.2, 0.25) is 0 Å². The van der Waals surface area contributed by atoms with Crippen LogP contribution in [0, 0.1) is 22.7 Å². The Morgan fingerprint density at radius 3 is 1.50 bits per heavy atom. The second-order valence-electron chi connectivity index (χ2n) is 10.4. The molecule has 4 heteroatoms. The summed E-state index contributed by atoms with van der Waals surface area (Å²) < 4.78 is 12.3. The average Bonchev–Trinajstić information content (AvgIpc) is 3.61. The fourth-order valence-electron chi connectivity index (χ4n) is 5.86. The number of nitriles is 2. The van der Waals surface area contributed by atoms with Crippen molar-refractivity contribution >= 4 is 43.9 Å². The van der Waals surface area contributed by atoms with Gasteiger partial charge in [-0.1, -0.05) is 48.5 Å². The van der Waals surface area contributed by atoms with Crippen molar-refractivity contribution in [3.63, 3.8) is 0 Å². The lowest BCUT2D eigenvalue weighted by molar-refractivity contribution is 0.668.